The molecule has 1 amide bonds. The van der Waals surface area contributed by atoms with Crippen molar-refractivity contribution in [1.29, 1.82) is 0 Å². The van der Waals surface area contributed by atoms with E-state index in [9.17, 15) is 4.79 Å². The molecule has 3 aromatic rings. The fourth-order valence-electron chi connectivity index (χ4n) is 5.58. The maximum Gasteiger partial charge on any atom is 0.233 e. The second kappa shape index (κ2) is 9.67. The van der Waals surface area contributed by atoms with Gasteiger partial charge in [0.2, 0.25) is 5.91 Å². The lowest BCUT2D eigenvalue weighted by molar-refractivity contribution is -0.142. The van der Waals surface area contributed by atoms with E-state index in [-0.39, 0.29) is 11.9 Å². The van der Waals surface area contributed by atoms with Crippen LogP contribution in [0.5, 0.6) is 0 Å². The van der Waals surface area contributed by atoms with Gasteiger partial charge >= 0.3 is 0 Å². The number of hydrogen-bond donors (Lipinski definition) is 0. The van der Waals surface area contributed by atoms with E-state index in [1.54, 1.807) is 0 Å². The second-order valence-electron chi connectivity index (χ2n) is 9.82. The zero-order chi connectivity index (χ0) is 23.5. The number of likely N-dealkylation sites (tertiary alicyclic amines) is 1. The van der Waals surface area contributed by atoms with Crippen LogP contribution in [-0.4, -0.2) is 40.5 Å². The van der Waals surface area contributed by atoms with Gasteiger partial charge in [-0.15, -0.1) is 0 Å². The van der Waals surface area contributed by atoms with Gasteiger partial charge in [0.05, 0.1) is 29.0 Å². The van der Waals surface area contributed by atoms with Crippen molar-refractivity contribution < 1.29 is 9.53 Å². The fraction of sp³-hybridized carbons (Fsp3) is 0.414. The molecule has 2 fully saturated rings. The van der Waals surface area contributed by atoms with Crippen LogP contribution in [0.2, 0.25) is 0 Å². The third kappa shape index (κ3) is 4.49. The summed E-state index contributed by atoms with van der Waals surface area (Å²) in [5, 5.41) is 0. The van der Waals surface area contributed by atoms with Gasteiger partial charge in [0.1, 0.15) is 0 Å². The van der Waals surface area contributed by atoms with Gasteiger partial charge in [0, 0.05) is 32.4 Å². The summed E-state index contributed by atoms with van der Waals surface area (Å²) in [6.45, 7) is 6.19. The summed E-state index contributed by atoms with van der Waals surface area (Å²) in [5.74, 6) is 0.217. The van der Waals surface area contributed by atoms with Crippen molar-refractivity contribution in [3.05, 3.63) is 94.6 Å². The van der Waals surface area contributed by atoms with Crippen LogP contribution in [0.3, 0.4) is 0 Å². The van der Waals surface area contributed by atoms with Crippen molar-refractivity contribution in [2.75, 3.05) is 19.8 Å². The quantitative estimate of drug-likeness (QED) is 0.537. The molecular formula is C29H33N3O2. The van der Waals surface area contributed by atoms with Crippen LogP contribution >= 0.6 is 0 Å². The molecule has 2 aromatic carbocycles. The van der Waals surface area contributed by atoms with Gasteiger partial charge in [0.15, 0.2) is 0 Å². The highest BCUT2D eigenvalue weighted by Gasteiger charge is 2.47. The normalized spacial score (nSPS) is 19.8. The van der Waals surface area contributed by atoms with Crippen LogP contribution in [0.4, 0.5) is 0 Å². The first-order chi connectivity index (χ1) is 16.5. The lowest BCUT2D eigenvalue weighted by Crippen LogP contribution is -2.49. The third-order valence-electron chi connectivity index (χ3n) is 7.35. The molecule has 0 N–H and O–H groups in total. The summed E-state index contributed by atoms with van der Waals surface area (Å²) in [5.41, 5.74) is 6.09. The van der Waals surface area contributed by atoms with E-state index in [0.29, 0.717) is 13.2 Å². The van der Waals surface area contributed by atoms with Gasteiger partial charge in [-0.05, 0) is 50.7 Å². The highest BCUT2D eigenvalue weighted by atomic mass is 16.5. The Morgan fingerprint density at radius 2 is 1.82 bits per heavy atom. The zero-order valence-electron chi connectivity index (χ0n) is 20.2. The first-order valence-corrected chi connectivity index (χ1v) is 12.4. The molecule has 2 saturated heterocycles. The Kier molecular flexibility index (Phi) is 6.46. The number of amides is 1. The molecule has 2 aliphatic rings. The molecule has 0 aliphatic carbocycles. The van der Waals surface area contributed by atoms with Crippen molar-refractivity contribution in [2.24, 2.45) is 0 Å². The number of aryl methyl sites for hydroxylation is 2. The molecule has 3 heterocycles. The molecule has 176 valence electrons. The predicted octanol–water partition coefficient (Wildman–Crippen LogP) is 5.10. The predicted molar refractivity (Wildman–Crippen MR) is 133 cm³/mol. The summed E-state index contributed by atoms with van der Waals surface area (Å²) in [4.78, 5) is 25.8. The maximum atomic E-state index is 14.3. The Bertz CT molecular complexity index is 1170. The highest BCUT2D eigenvalue weighted by Crippen LogP contribution is 2.41. The lowest BCUT2D eigenvalue weighted by Gasteiger charge is -2.40. The van der Waals surface area contributed by atoms with Gasteiger partial charge in [-0.1, -0.05) is 59.7 Å². The molecule has 1 atom stereocenters. The van der Waals surface area contributed by atoms with Crippen molar-refractivity contribution in [3.8, 4) is 0 Å². The standard InChI is InChI=1S/C29H33N3O2/c1-21-6-3-8-23(16-21)18-25-19-30-20-26(31-25)27-10-5-13-32(27)28(33)29(11-14-34-15-12-29)24-9-4-7-22(2)17-24/h3-4,6-9,16-17,19-20,27H,5,10-15,18H2,1-2H3. The number of rotatable bonds is 5. The molecule has 0 radical (unpaired) electrons. The Hall–Kier alpha value is -3.05. The topological polar surface area (TPSA) is 55.3 Å². The van der Waals surface area contributed by atoms with E-state index < -0.39 is 5.41 Å². The van der Waals surface area contributed by atoms with Gasteiger partial charge < -0.3 is 9.64 Å². The fourth-order valence-corrected chi connectivity index (χ4v) is 5.58. The minimum absolute atomic E-state index is 0.0259. The SMILES string of the molecule is Cc1cccc(Cc2cncc(C3CCCN3C(=O)C3(c4cccc(C)c4)CCOCC3)n2)c1. The monoisotopic (exact) mass is 455 g/mol. The maximum absolute atomic E-state index is 14.3. The molecule has 5 heteroatoms. The summed E-state index contributed by atoms with van der Waals surface area (Å²) in [6, 6.07) is 16.9. The number of carbonyl (C=O) groups is 1. The summed E-state index contributed by atoms with van der Waals surface area (Å²) in [6.07, 6.45) is 7.79. The van der Waals surface area contributed by atoms with Gasteiger partial charge in [-0.3, -0.25) is 14.8 Å². The minimum atomic E-state index is -0.528. The van der Waals surface area contributed by atoms with Crippen LogP contribution in [0.25, 0.3) is 0 Å². The van der Waals surface area contributed by atoms with Crippen LogP contribution in [0, 0.1) is 13.8 Å². The lowest BCUT2D eigenvalue weighted by atomic mass is 9.72. The first kappa shape index (κ1) is 22.7. The van der Waals surface area contributed by atoms with Crippen molar-refractivity contribution in [1.82, 2.24) is 14.9 Å². The number of benzene rings is 2. The molecule has 0 bridgehead atoms. The van der Waals surface area contributed by atoms with Gasteiger partial charge in [0.25, 0.3) is 0 Å². The van der Waals surface area contributed by atoms with E-state index >= 15 is 0 Å². The van der Waals surface area contributed by atoms with E-state index in [2.05, 4.69) is 72.3 Å². The molecule has 5 nitrogen and oxygen atoms in total. The minimum Gasteiger partial charge on any atom is -0.381 e. The molecule has 2 aliphatic heterocycles. The van der Waals surface area contributed by atoms with Gasteiger partial charge in [-0.25, -0.2) is 0 Å². The van der Waals surface area contributed by atoms with Crippen molar-refractivity contribution in [2.45, 2.75) is 57.4 Å². The van der Waals surface area contributed by atoms with Crippen LogP contribution in [0.15, 0.2) is 60.9 Å². The van der Waals surface area contributed by atoms with Crippen molar-refractivity contribution in [3.63, 3.8) is 0 Å². The first-order valence-electron chi connectivity index (χ1n) is 12.4. The summed E-state index contributed by atoms with van der Waals surface area (Å²) >= 11 is 0. The number of carbonyl (C=O) groups excluding carboxylic acids is 1. The van der Waals surface area contributed by atoms with Crippen molar-refractivity contribution >= 4 is 5.91 Å². The van der Waals surface area contributed by atoms with E-state index in [1.165, 1.54) is 16.7 Å². The Morgan fingerprint density at radius 1 is 1.06 bits per heavy atom. The largest absolute Gasteiger partial charge is 0.381 e. The molecule has 5 rings (SSSR count). The number of hydrogen-bond acceptors (Lipinski definition) is 4. The van der Waals surface area contributed by atoms with E-state index in [1.807, 2.05) is 12.4 Å². The van der Waals surface area contributed by atoms with Crippen LogP contribution in [-0.2, 0) is 21.4 Å². The Balaban J connectivity index is 1.43. The molecule has 0 spiro atoms. The number of nitrogens with zero attached hydrogens (tertiary/aromatic N) is 3. The van der Waals surface area contributed by atoms with Crippen LogP contribution in [0.1, 0.15) is 65.4 Å². The number of ether oxygens (including phenoxy) is 1. The molecule has 1 unspecified atom stereocenters. The molecule has 1 aromatic heterocycles. The molecular weight excluding hydrogens is 422 g/mol. The second-order valence-corrected chi connectivity index (χ2v) is 9.82. The number of aromatic nitrogens is 2. The van der Waals surface area contributed by atoms with Crippen LogP contribution < -0.4 is 0 Å². The third-order valence-corrected chi connectivity index (χ3v) is 7.35. The molecule has 0 saturated carbocycles. The average Bonchev–Trinajstić information content (AvgIpc) is 3.34. The highest BCUT2D eigenvalue weighted by molar-refractivity contribution is 5.89. The average molecular weight is 456 g/mol. The van der Waals surface area contributed by atoms with Gasteiger partial charge in [-0.2, -0.15) is 0 Å². The Morgan fingerprint density at radius 3 is 2.59 bits per heavy atom. The van der Waals surface area contributed by atoms with E-state index in [4.69, 9.17) is 9.72 Å². The Labute approximate surface area is 202 Å². The van der Waals surface area contributed by atoms with E-state index in [0.717, 1.165) is 55.6 Å². The smallest absolute Gasteiger partial charge is 0.233 e. The summed E-state index contributed by atoms with van der Waals surface area (Å²) in [7, 11) is 0. The zero-order valence-corrected chi connectivity index (χ0v) is 20.2. The molecule has 34 heavy (non-hydrogen) atoms. The summed E-state index contributed by atoms with van der Waals surface area (Å²) < 4.78 is 5.69.